The highest BCUT2D eigenvalue weighted by Crippen LogP contribution is 2.25. The molecule has 3 rings (SSSR count). The fourth-order valence-electron chi connectivity index (χ4n) is 2.96. The SMILES string of the molecule is O=C(CCNc1ccc(Cl)cc1Cl)N1CCN(c2ccc(F)cc2)CC1. The van der Waals surface area contributed by atoms with Gasteiger partial charge in [-0.25, -0.2) is 4.39 Å². The van der Waals surface area contributed by atoms with Crippen LogP contribution in [0.4, 0.5) is 15.8 Å². The molecule has 1 aliphatic rings. The minimum absolute atomic E-state index is 0.112. The molecule has 0 radical (unpaired) electrons. The zero-order valence-electron chi connectivity index (χ0n) is 14.2. The van der Waals surface area contributed by atoms with Gasteiger partial charge < -0.3 is 15.1 Å². The first-order chi connectivity index (χ1) is 12.5. The van der Waals surface area contributed by atoms with Crippen molar-refractivity contribution in [2.45, 2.75) is 6.42 Å². The maximum absolute atomic E-state index is 13.0. The second-order valence-corrected chi connectivity index (χ2v) is 6.99. The first-order valence-corrected chi connectivity index (χ1v) is 9.26. The summed E-state index contributed by atoms with van der Waals surface area (Å²) in [5.41, 5.74) is 1.75. The lowest BCUT2D eigenvalue weighted by molar-refractivity contribution is -0.131. The normalized spacial score (nSPS) is 14.4. The summed E-state index contributed by atoms with van der Waals surface area (Å²) >= 11 is 12.0. The van der Waals surface area contributed by atoms with Gasteiger partial charge in [0.1, 0.15) is 5.82 Å². The van der Waals surface area contributed by atoms with Crippen LogP contribution in [0, 0.1) is 5.82 Å². The molecule has 2 aromatic rings. The predicted molar refractivity (Wildman–Crippen MR) is 105 cm³/mol. The lowest BCUT2D eigenvalue weighted by Crippen LogP contribution is -2.49. The van der Waals surface area contributed by atoms with Crippen molar-refractivity contribution in [1.29, 1.82) is 0 Å². The zero-order chi connectivity index (χ0) is 18.5. The molecule has 0 unspecified atom stereocenters. The lowest BCUT2D eigenvalue weighted by Gasteiger charge is -2.36. The van der Waals surface area contributed by atoms with E-state index < -0.39 is 0 Å². The van der Waals surface area contributed by atoms with Crippen LogP contribution in [-0.2, 0) is 4.79 Å². The molecule has 0 saturated carbocycles. The smallest absolute Gasteiger partial charge is 0.224 e. The fourth-order valence-corrected chi connectivity index (χ4v) is 3.44. The van der Waals surface area contributed by atoms with Crippen molar-refractivity contribution < 1.29 is 9.18 Å². The highest BCUT2D eigenvalue weighted by atomic mass is 35.5. The van der Waals surface area contributed by atoms with E-state index in [4.69, 9.17) is 23.2 Å². The van der Waals surface area contributed by atoms with E-state index in [2.05, 4.69) is 10.2 Å². The molecule has 0 aromatic heterocycles. The Morgan fingerprint density at radius 3 is 2.38 bits per heavy atom. The largest absolute Gasteiger partial charge is 0.383 e. The van der Waals surface area contributed by atoms with Gasteiger partial charge in [-0.3, -0.25) is 4.79 Å². The number of carbonyl (C=O) groups is 1. The third-order valence-electron chi connectivity index (χ3n) is 4.41. The Morgan fingerprint density at radius 2 is 1.73 bits per heavy atom. The van der Waals surface area contributed by atoms with E-state index in [1.807, 2.05) is 4.90 Å². The maximum Gasteiger partial charge on any atom is 0.224 e. The van der Waals surface area contributed by atoms with E-state index in [1.165, 1.54) is 12.1 Å². The molecule has 0 bridgehead atoms. The van der Waals surface area contributed by atoms with Crippen LogP contribution in [0.25, 0.3) is 0 Å². The number of halogens is 3. The predicted octanol–water partition coefficient (Wildman–Crippen LogP) is 4.28. The Bertz CT molecular complexity index is 762. The van der Waals surface area contributed by atoms with Gasteiger partial charge in [-0.1, -0.05) is 23.2 Å². The zero-order valence-corrected chi connectivity index (χ0v) is 15.7. The molecule has 26 heavy (non-hydrogen) atoms. The summed E-state index contributed by atoms with van der Waals surface area (Å²) in [5.74, 6) is -0.128. The Hall–Kier alpha value is -1.98. The van der Waals surface area contributed by atoms with Gasteiger partial charge in [0.25, 0.3) is 0 Å². The summed E-state index contributed by atoms with van der Waals surface area (Å²) in [6.45, 7) is 3.33. The van der Waals surface area contributed by atoms with Crippen LogP contribution in [0.15, 0.2) is 42.5 Å². The second kappa shape index (κ2) is 8.60. The summed E-state index contributed by atoms with van der Waals surface area (Å²) in [6, 6.07) is 11.7. The van der Waals surface area contributed by atoms with Crippen molar-refractivity contribution >= 4 is 40.5 Å². The molecule has 1 N–H and O–H groups in total. The van der Waals surface area contributed by atoms with E-state index in [-0.39, 0.29) is 11.7 Å². The van der Waals surface area contributed by atoms with Gasteiger partial charge >= 0.3 is 0 Å². The number of nitrogens with one attached hydrogen (secondary N) is 1. The Kier molecular flexibility index (Phi) is 6.22. The van der Waals surface area contributed by atoms with E-state index in [0.717, 1.165) is 24.5 Å². The van der Waals surface area contributed by atoms with Crippen molar-refractivity contribution in [3.8, 4) is 0 Å². The quantitative estimate of drug-likeness (QED) is 0.820. The first kappa shape index (κ1) is 18.8. The topological polar surface area (TPSA) is 35.6 Å². The monoisotopic (exact) mass is 395 g/mol. The molecule has 2 aromatic carbocycles. The van der Waals surface area contributed by atoms with Crippen LogP contribution in [0.5, 0.6) is 0 Å². The third kappa shape index (κ3) is 4.80. The molecule has 1 aliphatic heterocycles. The van der Waals surface area contributed by atoms with Crippen LogP contribution >= 0.6 is 23.2 Å². The van der Waals surface area contributed by atoms with Gasteiger partial charge in [0.15, 0.2) is 0 Å². The first-order valence-electron chi connectivity index (χ1n) is 8.50. The van der Waals surface area contributed by atoms with Gasteiger partial charge in [-0.15, -0.1) is 0 Å². The molecule has 0 spiro atoms. The standard InChI is InChI=1S/C19H20Cl2FN3O/c20-14-1-6-18(17(21)13-14)23-8-7-19(26)25-11-9-24(10-12-25)16-4-2-15(22)3-5-16/h1-6,13,23H,7-12H2. The number of amides is 1. The van der Waals surface area contributed by atoms with Crippen LogP contribution in [0.3, 0.4) is 0 Å². The Morgan fingerprint density at radius 1 is 1.04 bits per heavy atom. The van der Waals surface area contributed by atoms with Crippen molar-refractivity contribution in [3.63, 3.8) is 0 Å². The summed E-state index contributed by atoms with van der Waals surface area (Å²) in [7, 11) is 0. The number of piperazine rings is 1. The van der Waals surface area contributed by atoms with Gasteiger partial charge in [-0.05, 0) is 42.5 Å². The van der Waals surface area contributed by atoms with E-state index >= 15 is 0 Å². The molecule has 138 valence electrons. The van der Waals surface area contributed by atoms with E-state index in [0.29, 0.717) is 36.1 Å². The highest BCUT2D eigenvalue weighted by Gasteiger charge is 2.21. The molecule has 7 heteroatoms. The number of hydrogen-bond acceptors (Lipinski definition) is 3. The summed E-state index contributed by atoms with van der Waals surface area (Å²) in [5, 5.41) is 4.29. The maximum atomic E-state index is 13.0. The molecule has 0 atom stereocenters. The van der Waals surface area contributed by atoms with Gasteiger partial charge in [0.05, 0.1) is 10.7 Å². The Balaban J connectivity index is 1.44. The minimum atomic E-state index is -0.240. The lowest BCUT2D eigenvalue weighted by atomic mass is 10.2. The minimum Gasteiger partial charge on any atom is -0.383 e. The van der Waals surface area contributed by atoms with E-state index in [1.54, 1.807) is 30.3 Å². The van der Waals surface area contributed by atoms with Gasteiger partial charge in [0.2, 0.25) is 5.91 Å². The number of nitrogens with zero attached hydrogens (tertiary/aromatic N) is 2. The Labute approximate surface area is 162 Å². The molecule has 1 heterocycles. The van der Waals surface area contributed by atoms with Crippen LogP contribution in [0.1, 0.15) is 6.42 Å². The van der Waals surface area contributed by atoms with Gasteiger partial charge in [-0.2, -0.15) is 0 Å². The summed E-state index contributed by atoms with van der Waals surface area (Å²) < 4.78 is 13.0. The number of anilines is 2. The molecule has 0 aliphatic carbocycles. The molecular weight excluding hydrogens is 376 g/mol. The van der Waals surface area contributed by atoms with Crippen LogP contribution in [-0.4, -0.2) is 43.5 Å². The molecule has 1 amide bonds. The van der Waals surface area contributed by atoms with Crippen molar-refractivity contribution in [3.05, 3.63) is 58.3 Å². The number of carbonyl (C=O) groups excluding carboxylic acids is 1. The van der Waals surface area contributed by atoms with Crippen molar-refractivity contribution in [2.75, 3.05) is 42.9 Å². The molecule has 4 nitrogen and oxygen atoms in total. The van der Waals surface area contributed by atoms with Crippen LogP contribution in [0.2, 0.25) is 10.0 Å². The van der Waals surface area contributed by atoms with Crippen LogP contribution < -0.4 is 10.2 Å². The number of hydrogen-bond donors (Lipinski definition) is 1. The van der Waals surface area contributed by atoms with Crippen molar-refractivity contribution in [2.24, 2.45) is 0 Å². The molecule has 1 saturated heterocycles. The molecular formula is C19H20Cl2FN3O. The summed E-state index contributed by atoms with van der Waals surface area (Å²) in [4.78, 5) is 16.4. The molecule has 1 fully saturated rings. The average molecular weight is 396 g/mol. The van der Waals surface area contributed by atoms with E-state index in [9.17, 15) is 9.18 Å². The highest BCUT2D eigenvalue weighted by molar-refractivity contribution is 6.36. The fraction of sp³-hybridized carbons (Fsp3) is 0.316. The number of benzene rings is 2. The summed E-state index contributed by atoms with van der Waals surface area (Å²) in [6.07, 6.45) is 0.398. The van der Waals surface area contributed by atoms with Crippen molar-refractivity contribution in [1.82, 2.24) is 4.90 Å². The third-order valence-corrected chi connectivity index (χ3v) is 4.96. The second-order valence-electron chi connectivity index (χ2n) is 6.15. The average Bonchev–Trinajstić information content (AvgIpc) is 2.64. The number of rotatable bonds is 5. The van der Waals surface area contributed by atoms with Gasteiger partial charge in [0, 0.05) is 49.9 Å².